The highest BCUT2D eigenvalue weighted by molar-refractivity contribution is 5.83. The number of benzene rings is 2. The molecule has 1 fully saturated rings. The first-order chi connectivity index (χ1) is 15.7. The number of aromatic hydroxyl groups is 1. The minimum Gasteiger partial charge on any atom is -0.508 e. The highest BCUT2D eigenvalue weighted by atomic mass is 16.5. The van der Waals surface area contributed by atoms with E-state index in [4.69, 9.17) is 8.94 Å². The Labute approximate surface area is 183 Å². The fourth-order valence-electron chi connectivity index (χ4n) is 3.98. The molecule has 1 aliphatic rings. The molecule has 0 spiro atoms. The molecule has 1 saturated carbocycles. The molecule has 7 heteroatoms. The van der Waals surface area contributed by atoms with Gasteiger partial charge in [-0.15, -0.1) is 10.2 Å². The third kappa shape index (κ3) is 2.98. The van der Waals surface area contributed by atoms with Gasteiger partial charge >= 0.3 is 0 Å². The zero-order chi connectivity index (χ0) is 21.5. The SMILES string of the molecule is Oc1ccc(-c2noc(C3(c4nnc(-c5ccccn5)o4)CC3)c2-c2ccccc2)cc1. The van der Waals surface area contributed by atoms with Gasteiger partial charge in [-0.3, -0.25) is 4.98 Å². The van der Waals surface area contributed by atoms with E-state index in [1.54, 1.807) is 18.3 Å². The largest absolute Gasteiger partial charge is 0.508 e. The van der Waals surface area contributed by atoms with Crippen molar-refractivity contribution in [2.24, 2.45) is 0 Å². The molecule has 6 rings (SSSR count). The molecule has 5 aromatic rings. The summed E-state index contributed by atoms with van der Waals surface area (Å²) in [5.41, 5.74) is 3.56. The highest BCUT2D eigenvalue weighted by Gasteiger charge is 2.56. The van der Waals surface area contributed by atoms with E-state index in [9.17, 15) is 5.11 Å². The van der Waals surface area contributed by atoms with Crippen molar-refractivity contribution in [3.05, 3.63) is 90.6 Å². The first-order valence-electron chi connectivity index (χ1n) is 10.3. The monoisotopic (exact) mass is 422 g/mol. The third-order valence-corrected chi connectivity index (χ3v) is 5.80. The van der Waals surface area contributed by atoms with E-state index in [-0.39, 0.29) is 5.75 Å². The standard InChI is InChI=1S/C25H18N4O3/c30-18-11-9-17(10-12-18)21-20(16-6-2-1-3-7-16)22(32-29-21)25(13-14-25)24-28-27-23(31-24)19-8-4-5-15-26-19/h1-12,15,30H,13-14H2. The molecule has 0 saturated heterocycles. The van der Waals surface area contributed by atoms with Crippen molar-refractivity contribution >= 4 is 0 Å². The number of pyridine rings is 1. The van der Waals surface area contributed by atoms with Crippen LogP contribution in [0.2, 0.25) is 0 Å². The van der Waals surface area contributed by atoms with Crippen LogP contribution in [-0.4, -0.2) is 25.4 Å². The minimum absolute atomic E-state index is 0.199. The molecule has 156 valence electrons. The first-order valence-corrected chi connectivity index (χ1v) is 10.3. The van der Waals surface area contributed by atoms with Crippen LogP contribution >= 0.6 is 0 Å². The minimum atomic E-state index is -0.520. The van der Waals surface area contributed by atoms with Gasteiger partial charge in [0.2, 0.25) is 5.89 Å². The molecule has 0 amide bonds. The molecular formula is C25H18N4O3. The lowest BCUT2D eigenvalue weighted by atomic mass is 9.92. The normalized spacial score (nSPS) is 14.4. The van der Waals surface area contributed by atoms with Crippen molar-refractivity contribution < 1.29 is 14.0 Å². The molecule has 2 aromatic carbocycles. The molecule has 3 heterocycles. The molecule has 0 aliphatic heterocycles. The lowest BCUT2D eigenvalue weighted by Gasteiger charge is -2.10. The van der Waals surface area contributed by atoms with Gasteiger partial charge in [-0.05, 0) is 54.8 Å². The summed E-state index contributed by atoms with van der Waals surface area (Å²) in [4.78, 5) is 4.30. The van der Waals surface area contributed by atoms with Crippen molar-refractivity contribution in [3.8, 4) is 39.7 Å². The Morgan fingerprint density at radius 1 is 0.812 bits per heavy atom. The topological polar surface area (TPSA) is 98.1 Å². The predicted molar refractivity (Wildman–Crippen MR) is 117 cm³/mol. The maximum Gasteiger partial charge on any atom is 0.266 e. The van der Waals surface area contributed by atoms with E-state index >= 15 is 0 Å². The molecular weight excluding hydrogens is 404 g/mol. The van der Waals surface area contributed by atoms with Crippen LogP contribution in [-0.2, 0) is 5.41 Å². The number of aromatic nitrogens is 4. The van der Waals surface area contributed by atoms with Crippen molar-refractivity contribution in [2.75, 3.05) is 0 Å². The van der Waals surface area contributed by atoms with Crippen molar-refractivity contribution in [3.63, 3.8) is 0 Å². The van der Waals surface area contributed by atoms with Gasteiger partial charge in [-0.25, -0.2) is 0 Å². The molecule has 32 heavy (non-hydrogen) atoms. The number of hydrogen-bond donors (Lipinski definition) is 1. The van der Waals surface area contributed by atoms with Crippen LogP contribution in [0.15, 0.2) is 87.9 Å². The molecule has 3 aromatic heterocycles. The Morgan fingerprint density at radius 3 is 2.31 bits per heavy atom. The van der Waals surface area contributed by atoms with Gasteiger partial charge in [0.25, 0.3) is 5.89 Å². The summed E-state index contributed by atoms with van der Waals surface area (Å²) in [7, 11) is 0. The van der Waals surface area contributed by atoms with Crippen LogP contribution in [0.25, 0.3) is 34.0 Å². The van der Waals surface area contributed by atoms with Crippen LogP contribution in [0.5, 0.6) is 5.75 Å². The molecule has 1 N–H and O–H groups in total. The van der Waals surface area contributed by atoms with Crippen molar-refractivity contribution in [1.29, 1.82) is 0 Å². The zero-order valence-corrected chi connectivity index (χ0v) is 17.0. The Bertz CT molecular complexity index is 1370. The fourth-order valence-corrected chi connectivity index (χ4v) is 3.98. The van der Waals surface area contributed by atoms with Crippen LogP contribution < -0.4 is 0 Å². The molecule has 0 atom stereocenters. The van der Waals surface area contributed by atoms with Gasteiger partial charge < -0.3 is 14.0 Å². The third-order valence-electron chi connectivity index (χ3n) is 5.80. The average molecular weight is 422 g/mol. The maximum absolute atomic E-state index is 9.70. The summed E-state index contributed by atoms with van der Waals surface area (Å²) >= 11 is 0. The quantitative estimate of drug-likeness (QED) is 0.414. The van der Waals surface area contributed by atoms with E-state index in [0.29, 0.717) is 28.9 Å². The highest BCUT2D eigenvalue weighted by Crippen LogP contribution is 2.57. The summed E-state index contributed by atoms with van der Waals surface area (Å²) in [6.45, 7) is 0. The van der Waals surface area contributed by atoms with Gasteiger partial charge in [-0.1, -0.05) is 41.6 Å². The first kappa shape index (κ1) is 18.5. The Kier molecular flexibility index (Phi) is 4.14. The molecule has 0 radical (unpaired) electrons. The van der Waals surface area contributed by atoms with Crippen LogP contribution in [0.3, 0.4) is 0 Å². The van der Waals surface area contributed by atoms with Gasteiger partial charge in [-0.2, -0.15) is 0 Å². The van der Waals surface area contributed by atoms with Crippen LogP contribution in [0.4, 0.5) is 0 Å². The van der Waals surface area contributed by atoms with E-state index in [1.165, 1.54) is 0 Å². The summed E-state index contributed by atoms with van der Waals surface area (Å²) in [5.74, 6) is 1.79. The van der Waals surface area contributed by atoms with Gasteiger partial charge in [0.05, 0.1) is 5.56 Å². The van der Waals surface area contributed by atoms with Crippen molar-refractivity contribution in [1.82, 2.24) is 20.3 Å². The zero-order valence-electron chi connectivity index (χ0n) is 17.0. The second kappa shape index (κ2) is 7.16. The Hall–Kier alpha value is -4.26. The number of hydrogen-bond acceptors (Lipinski definition) is 7. The Balaban J connectivity index is 1.49. The van der Waals surface area contributed by atoms with Crippen molar-refractivity contribution in [2.45, 2.75) is 18.3 Å². The lowest BCUT2D eigenvalue weighted by molar-refractivity contribution is 0.345. The number of phenolic OH excluding ortho intramolecular Hbond substituents is 1. The second-order valence-electron chi connectivity index (χ2n) is 7.86. The van der Waals surface area contributed by atoms with Gasteiger partial charge in [0, 0.05) is 11.8 Å². The summed E-state index contributed by atoms with van der Waals surface area (Å²) < 4.78 is 12.0. The maximum atomic E-state index is 9.70. The van der Waals surface area contributed by atoms with Gasteiger partial charge in [0.15, 0.2) is 5.76 Å². The second-order valence-corrected chi connectivity index (χ2v) is 7.86. The number of phenols is 1. The van der Waals surface area contributed by atoms with Gasteiger partial charge in [0.1, 0.15) is 22.6 Å². The van der Waals surface area contributed by atoms with Crippen LogP contribution in [0, 0.1) is 0 Å². The average Bonchev–Trinajstić information content (AvgIpc) is 3.29. The lowest BCUT2D eigenvalue weighted by Crippen LogP contribution is -2.09. The van der Waals surface area contributed by atoms with E-state index in [1.807, 2.05) is 60.7 Å². The smallest absolute Gasteiger partial charge is 0.266 e. The van der Waals surface area contributed by atoms with E-state index in [0.717, 1.165) is 29.5 Å². The summed E-state index contributed by atoms with van der Waals surface area (Å²) in [5, 5.41) is 22.7. The predicted octanol–water partition coefficient (Wildman–Crippen LogP) is 5.24. The molecule has 1 aliphatic carbocycles. The molecule has 7 nitrogen and oxygen atoms in total. The summed E-state index contributed by atoms with van der Waals surface area (Å²) in [6.07, 6.45) is 3.34. The van der Waals surface area contributed by atoms with Crippen LogP contribution in [0.1, 0.15) is 24.5 Å². The molecule has 0 unspecified atom stereocenters. The summed E-state index contributed by atoms with van der Waals surface area (Å²) in [6, 6.07) is 22.5. The van der Waals surface area contributed by atoms with E-state index < -0.39 is 5.41 Å². The van der Waals surface area contributed by atoms with E-state index in [2.05, 4.69) is 20.3 Å². The number of nitrogens with zero attached hydrogens (tertiary/aromatic N) is 4. The molecule has 0 bridgehead atoms. The fraction of sp³-hybridized carbons (Fsp3) is 0.120. The Morgan fingerprint density at radius 2 is 1.59 bits per heavy atom. The number of rotatable bonds is 5.